The van der Waals surface area contributed by atoms with Crippen molar-refractivity contribution in [3.05, 3.63) is 6.92 Å². The minimum absolute atomic E-state index is 0. The molecule has 0 heterocycles. The van der Waals surface area contributed by atoms with Crippen LogP contribution in [-0.2, 0) is 0 Å². The Morgan fingerprint density at radius 3 is 1.67 bits per heavy atom. The van der Waals surface area contributed by atoms with Gasteiger partial charge in [0.1, 0.15) is 0 Å². The second kappa shape index (κ2) is 17.4. The van der Waals surface area contributed by atoms with Crippen LogP contribution < -0.4 is 17.0 Å². The van der Waals surface area contributed by atoms with Crippen LogP contribution >= 0.6 is 0 Å². The van der Waals surface area contributed by atoms with E-state index in [1.165, 1.54) is 6.42 Å². The fourth-order valence-electron chi connectivity index (χ4n) is 0. The van der Waals surface area contributed by atoms with E-state index in [2.05, 4.69) is 13.8 Å². The smallest absolute Gasteiger partial charge is 1.00 e. The molecule has 0 bridgehead atoms. The standard InChI is InChI=1S/C4H9.Be.BrH/c1-3-4-2;;/h1,3-4H2,2H3;;1H/q-1;+2;/p-1. The Hall–Kier alpha value is 0.649. The van der Waals surface area contributed by atoms with Gasteiger partial charge in [-0.1, -0.05) is 13.3 Å². The van der Waals surface area contributed by atoms with Gasteiger partial charge in [-0.15, -0.1) is 0 Å². The van der Waals surface area contributed by atoms with Crippen LogP contribution in [0.1, 0.15) is 19.8 Å². The molecule has 0 nitrogen and oxygen atoms in total. The number of hydrogen-bond acceptors (Lipinski definition) is 0. The minimum atomic E-state index is 0. The number of halogens is 1. The Morgan fingerprint density at radius 1 is 1.50 bits per heavy atom. The summed E-state index contributed by atoms with van der Waals surface area (Å²) in [4.78, 5) is 0. The Kier molecular flexibility index (Phi) is 46.2. The van der Waals surface area contributed by atoms with Crippen molar-refractivity contribution in [1.29, 1.82) is 0 Å². The van der Waals surface area contributed by atoms with E-state index < -0.39 is 0 Å². The first kappa shape index (κ1) is 15.9. The maximum atomic E-state index is 3.60. The molecule has 6 heavy (non-hydrogen) atoms. The maximum absolute atomic E-state index is 3.60. The summed E-state index contributed by atoms with van der Waals surface area (Å²) >= 11 is 0. The molecule has 0 aliphatic rings. The van der Waals surface area contributed by atoms with Gasteiger partial charge in [0.25, 0.3) is 0 Å². The summed E-state index contributed by atoms with van der Waals surface area (Å²) in [5.41, 5.74) is 0. The van der Waals surface area contributed by atoms with Crippen LogP contribution in [0.15, 0.2) is 0 Å². The van der Waals surface area contributed by atoms with E-state index in [4.69, 9.17) is 0 Å². The fourth-order valence-corrected chi connectivity index (χ4v) is 0. The maximum Gasteiger partial charge on any atom is 2.00 e. The summed E-state index contributed by atoms with van der Waals surface area (Å²) in [6.07, 6.45) is 2.28. The molecule has 0 aromatic heterocycles. The van der Waals surface area contributed by atoms with Gasteiger partial charge in [-0.25, -0.2) is 0 Å². The first-order valence-electron chi connectivity index (χ1n) is 1.71. The molecular formula is C4H9BeBr. The van der Waals surface area contributed by atoms with Crippen LogP contribution in [0.3, 0.4) is 0 Å². The van der Waals surface area contributed by atoms with Crippen LogP contribution in [0.5, 0.6) is 0 Å². The largest absolute Gasteiger partial charge is 2.00 e. The van der Waals surface area contributed by atoms with E-state index in [9.17, 15) is 0 Å². The van der Waals surface area contributed by atoms with Crippen molar-refractivity contribution in [2.45, 2.75) is 19.8 Å². The van der Waals surface area contributed by atoms with Crippen molar-refractivity contribution in [1.82, 2.24) is 0 Å². The zero-order valence-corrected chi connectivity index (χ0v) is 5.79. The van der Waals surface area contributed by atoms with E-state index in [1.807, 2.05) is 0 Å². The molecule has 34 valence electrons. The molecule has 0 amide bonds. The quantitative estimate of drug-likeness (QED) is 0.304. The van der Waals surface area contributed by atoms with Crippen LogP contribution in [0, 0.1) is 6.92 Å². The summed E-state index contributed by atoms with van der Waals surface area (Å²) < 4.78 is 0. The van der Waals surface area contributed by atoms with Crippen LogP contribution in [0.4, 0.5) is 0 Å². The molecule has 0 aromatic carbocycles. The first-order valence-corrected chi connectivity index (χ1v) is 1.71. The summed E-state index contributed by atoms with van der Waals surface area (Å²) in [5, 5.41) is 0. The molecule has 0 aliphatic heterocycles. The molecule has 0 atom stereocenters. The molecule has 0 aliphatic carbocycles. The second-order valence-electron chi connectivity index (χ2n) is 0.854. The fraction of sp³-hybridized carbons (Fsp3) is 0.750. The van der Waals surface area contributed by atoms with Crippen LogP contribution in [-0.4, -0.2) is 10.1 Å². The van der Waals surface area contributed by atoms with Crippen molar-refractivity contribution in [2.75, 3.05) is 0 Å². The third-order valence-corrected chi connectivity index (χ3v) is 0.354. The van der Waals surface area contributed by atoms with Crippen molar-refractivity contribution in [3.63, 3.8) is 0 Å². The molecule has 0 aromatic rings. The average Bonchev–Trinajstić information content (AvgIpc) is 1.37. The Balaban J connectivity index is -0.0000000450. The van der Waals surface area contributed by atoms with E-state index in [1.54, 1.807) is 0 Å². The van der Waals surface area contributed by atoms with Gasteiger partial charge < -0.3 is 23.9 Å². The molecule has 2 heteroatoms. The Bertz CT molecular complexity index is 9.51. The molecule has 0 spiro atoms. The van der Waals surface area contributed by atoms with E-state index in [0.29, 0.717) is 0 Å². The second-order valence-corrected chi connectivity index (χ2v) is 0.854. The SMILES string of the molecule is [Be+2].[Br-].[CH2-]CCC. The summed E-state index contributed by atoms with van der Waals surface area (Å²) in [7, 11) is 0. The van der Waals surface area contributed by atoms with Gasteiger partial charge in [0.05, 0.1) is 0 Å². The normalized spacial score (nSPS) is 5.00. The van der Waals surface area contributed by atoms with E-state index in [0.717, 1.165) is 6.42 Å². The minimum Gasteiger partial charge on any atom is -1.00 e. The van der Waals surface area contributed by atoms with Gasteiger partial charge >= 0.3 is 10.1 Å². The van der Waals surface area contributed by atoms with Gasteiger partial charge in [-0.3, -0.25) is 0 Å². The zero-order valence-electron chi connectivity index (χ0n) is 4.21. The predicted molar refractivity (Wildman–Crippen MR) is 26.0 cm³/mol. The molecule has 0 N–H and O–H groups in total. The Morgan fingerprint density at radius 2 is 1.67 bits per heavy atom. The molecule has 0 saturated carbocycles. The van der Waals surface area contributed by atoms with Crippen molar-refractivity contribution in [3.8, 4) is 0 Å². The third-order valence-electron chi connectivity index (χ3n) is 0.354. The molecule has 0 radical (unpaired) electrons. The summed E-state index contributed by atoms with van der Waals surface area (Å²) in [6, 6.07) is 0. The first-order chi connectivity index (χ1) is 1.91. The zero-order chi connectivity index (χ0) is 3.41. The summed E-state index contributed by atoms with van der Waals surface area (Å²) in [5.74, 6) is 0. The van der Waals surface area contributed by atoms with Crippen LogP contribution in [0.2, 0.25) is 0 Å². The van der Waals surface area contributed by atoms with Gasteiger partial charge in [0.2, 0.25) is 0 Å². The third kappa shape index (κ3) is 22.8. The number of unbranched alkanes of at least 4 members (excludes halogenated alkanes) is 1. The van der Waals surface area contributed by atoms with Gasteiger partial charge in [-0.05, 0) is 0 Å². The van der Waals surface area contributed by atoms with E-state index >= 15 is 0 Å². The number of rotatable bonds is 1. The molecule has 0 fully saturated rings. The monoisotopic (exact) mass is 145 g/mol. The van der Waals surface area contributed by atoms with Crippen molar-refractivity contribution < 1.29 is 17.0 Å². The van der Waals surface area contributed by atoms with Crippen LogP contribution in [0.25, 0.3) is 0 Å². The Labute approximate surface area is 54.3 Å². The molecule has 0 unspecified atom stereocenters. The van der Waals surface area contributed by atoms with Crippen molar-refractivity contribution >= 4 is 10.1 Å². The van der Waals surface area contributed by atoms with E-state index in [-0.39, 0.29) is 27.1 Å². The van der Waals surface area contributed by atoms with Gasteiger partial charge in [0, 0.05) is 0 Å². The van der Waals surface area contributed by atoms with Gasteiger partial charge in [0.15, 0.2) is 0 Å². The van der Waals surface area contributed by atoms with Crippen molar-refractivity contribution in [2.24, 2.45) is 0 Å². The number of hydrogen-bond donors (Lipinski definition) is 0. The predicted octanol–water partition coefficient (Wildman–Crippen LogP) is -1.76. The topological polar surface area (TPSA) is 0 Å². The molecule has 0 rings (SSSR count). The summed E-state index contributed by atoms with van der Waals surface area (Å²) in [6.45, 7) is 5.72. The molecular weight excluding hydrogens is 137 g/mol. The average molecular weight is 146 g/mol. The molecule has 0 saturated heterocycles. The van der Waals surface area contributed by atoms with Gasteiger partial charge in [-0.2, -0.15) is 6.42 Å².